The van der Waals surface area contributed by atoms with Crippen LogP contribution in [0.5, 0.6) is 5.75 Å². The van der Waals surface area contributed by atoms with Crippen molar-refractivity contribution in [1.82, 2.24) is 0 Å². The molecule has 4 rings (SSSR count). The molecule has 178 valence electrons. The SMILES string of the molecule is CCc1ccc(NC(=O)/C(C#N)=C/c2c(OCc3cccc([N+](=O)[O-])c3)ccc3ccccc23)cc1. The Morgan fingerprint density at radius 3 is 2.53 bits per heavy atom. The van der Waals surface area contributed by atoms with E-state index in [1.54, 1.807) is 30.3 Å². The molecule has 0 radical (unpaired) electrons. The number of benzene rings is 4. The molecule has 7 nitrogen and oxygen atoms in total. The van der Waals surface area contributed by atoms with E-state index in [4.69, 9.17) is 4.74 Å². The van der Waals surface area contributed by atoms with E-state index in [9.17, 15) is 20.2 Å². The number of nitro benzene ring substituents is 1. The molecule has 4 aromatic carbocycles. The van der Waals surface area contributed by atoms with Gasteiger partial charge in [-0.05, 0) is 52.6 Å². The highest BCUT2D eigenvalue weighted by molar-refractivity contribution is 6.11. The van der Waals surface area contributed by atoms with Gasteiger partial charge in [0.25, 0.3) is 11.6 Å². The van der Waals surface area contributed by atoms with Crippen molar-refractivity contribution in [1.29, 1.82) is 5.26 Å². The Bertz CT molecular complexity index is 1500. The fourth-order valence-corrected chi connectivity index (χ4v) is 3.79. The Balaban J connectivity index is 1.67. The zero-order valence-corrected chi connectivity index (χ0v) is 19.6. The zero-order valence-electron chi connectivity index (χ0n) is 19.6. The van der Waals surface area contributed by atoms with Crippen molar-refractivity contribution in [2.75, 3.05) is 5.32 Å². The third kappa shape index (κ3) is 5.57. The van der Waals surface area contributed by atoms with Gasteiger partial charge in [0.05, 0.1) is 4.92 Å². The van der Waals surface area contributed by atoms with E-state index in [0.29, 0.717) is 22.6 Å². The number of carbonyl (C=O) groups is 1. The molecule has 0 saturated heterocycles. The number of anilines is 1. The monoisotopic (exact) mass is 477 g/mol. The van der Waals surface area contributed by atoms with Crippen LogP contribution in [-0.4, -0.2) is 10.8 Å². The molecule has 7 heteroatoms. The van der Waals surface area contributed by atoms with Gasteiger partial charge < -0.3 is 10.1 Å². The average molecular weight is 478 g/mol. The van der Waals surface area contributed by atoms with Crippen LogP contribution in [0.2, 0.25) is 0 Å². The number of nitrogens with zero attached hydrogens (tertiary/aromatic N) is 2. The second-order valence-corrected chi connectivity index (χ2v) is 8.09. The van der Waals surface area contributed by atoms with Gasteiger partial charge in [-0.15, -0.1) is 0 Å². The summed E-state index contributed by atoms with van der Waals surface area (Å²) in [5.41, 5.74) is 2.84. The van der Waals surface area contributed by atoms with Crippen LogP contribution in [0, 0.1) is 21.4 Å². The molecule has 0 saturated carbocycles. The number of amides is 1. The summed E-state index contributed by atoms with van der Waals surface area (Å²) in [6, 6.07) is 26.9. The van der Waals surface area contributed by atoms with Gasteiger partial charge >= 0.3 is 0 Å². The first-order valence-electron chi connectivity index (χ1n) is 11.4. The Morgan fingerprint density at radius 1 is 1.03 bits per heavy atom. The number of nitriles is 1. The lowest BCUT2D eigenvalue weighted by atomic mass is 10.0. The number of carbonyl (C=O) groups excluding carboxylic acids is 1. The number of hydrogen-bond acceptors (Lipinski definition) is 5. The normalized spacial score (nSPS) is 11.1. The summed E-state index contributed by atoms with van der Waals surface area (Å²) in [6.45, 7) is 2.13. The number of aryl methyl sites for hydroxylation is 1. The highest BCUT2D eigenvalue weighted by atomic mass is 16.6. The lowest BCUT2D eigenvalue weighted by Crippen LogP contribution is -2.13. The number of non-ortho nitro benzene ring substituents is 1. The summed E-state index contributed by atoms with van der Waals surface area (Å²) in [5, 5.41) is 25.4. The smallest absolute Gasteiger partial charge is 0.269 e. The second kappa shape index (κ2) is 11.0. The number of ether oxygens (including phenoxy) is 1. The molecule has 0 spiro atoms. The minimum absolute atomic E-state index is 0.0230. The van der Waals surface area contributed by atoms with Crippen LogP contribution in [-0.2, 0) is 17.8 Å². The molecule has 0 heterocycles. The largest absolute Gasteiger partial charge is 0.488 e. The zero-order chi connectivity index (χ0) is 25.5. The Labute approximate surface area is 208 Å². The van der Waals surface area contributed by atoms with Crippen molar-refractivity contribution in [2.45, 2.75) is 20.0 Å². The molecule has 36 heavy (non-hydrogen) atoms. The van der Waals surface area contributed by atoms with Crippen LogP contribution < -0.4 is 10.1 Å². The minimum atomic E-state index is -0.528. The van der Waals surface area contributed by atoms with E-state index in [0.717, 1.165) is 22.8 Å². The van der Waals surface area contributed by atoms with Gasteiger partial charge in [0, 0.05) is 23.4 Å². The van der Waals surface area contributed by atoms with Crippen molar-refractivity contribution in [3.05, 3.63) is 117 Å². The average Bonchev–Trinajstić information content (AvgIpc) is 2.91. The van der Waals surface area contributed by atoms with Crippen LogP contribution in [0.3, 0.4) is 0 Å². The van der Waals surface area contributed by atoms with E-state index >= 15 is 0 Å². The maximum absolute atomic E-state index is 12.9. The van der Waals surface area contributed by atoms with Crippen LogP contribution in [0.15, 0.2) is 90.5 Å². The van der Waals surface area contributed by atoms with Crippen LogP contribution in [0.1, 0.15) is 23.6 Å². The van der Waals surface area contributed by atoms with E-state index in [2.05, 4.69) is 5.32 Å². The van der Waals surface area contributed by atoms with Gasteiger partial charge in [0.15, 0.2) is 0 Å². The highest BCUT2D eigenvalue weighted by Crippen LogP contribution is 2.31. The molecule has 4 aromatic rings. The predicted octanol–water partition coefficient (Wildman–Crippen LogP) is 6.44. The first-order chi connectivity index (χ1) is 17.5. The lowest BCUT2D eigenvalue weighted by Gasteiger charge is -2.13. The number of fused-ring (bicyclic) bond motifs is 1. The summed E-state index contributed by atoms with van der Waals surface area (Å²) < 4.78 is 6.03. The van der Waals surface area contributed by atoms with E-state index in [-0.39, 0.29) is 17.9 Å². The molecule has 0 aromatic heterocycles. The summed E-state index contributed by atoms with van der Waals surface area (Å²) >= 11 is 0. The quantitative estimate of drug-likeness (QED) is 0.136. The first-order valence-corrected chi connectivity index (χ1v) is 11.4. The highest BCUT2D eigenvalue weighted by Gasteiger charge is 2.14. The first kappa shape index (κ1) is 24.2. The molecule has 0 aliphatic carbocycles. The van der Waals surface area contributed by atoms with Crippen LogP contribution >= 0.6 is 0 Å². The van der Waals surface area contributed by atoms with Crippen molar-refractivity contribution >= 4 is 34.1 Å². The Kier molecular flexibility index (Phi) is 7.37. The van der Waals surface area contributed by atoms with Crippen LogP contribution in [0.25, 0.3) is 16.8 Å². The van der Waals surface area contributed by atoms with Crippen LogP contribution in [0.4, 0.5) is 11.4 Å². The third-order valence-corrected chi connectivity index (χ3v) is 5.72. The minimum Gasteiger partial charge on any atom is -0.488 e. The Morgan fingerprint density at radius 2 is 1.81 bits per heavy atom. The standard InChI is InChI=1S/C29H23N3O4/c1-2-20-10-13-24(14-11-20)31-29(33)23(18-30)17-27-26-9-4-3-7-22(26)12-15-28(27)36-19-21-6-5-8-25(16-21)32(34)35/h3-17H,2,19H2,1H3,(H,31,33)/b23-17+. The molecule has 0 bridgehead atoms. The molecule has 0 aliphatic heterocycles. The van der Waals surface area contributed by atoms with E-state index < -0.39 is 10.8 Å². The van der Waals surface area contributed by atoms with Gasteiger partial charge in [-0.3, -0.25) is 14.9 Å². The molecule has 0 atom stereocenters. The van der Waals surface area contributed by atoms with Crippen molar-refractivity contribution in [3.63, 3.8) is 0 Å². The van der Waals surface area contributed by atoms with E-state index in [1.165, 1.54) is 18.2 Å². The maximum atomic E-state index is 12.9. The third-order valence-electron chi connectivity index (χ3n) is 5.72. The number of hydrogen-bond donors (Lipinski definition) is 1. The number of nitrogens with one attached hydrogen (secondary N) is 1. The van der Waals surface area contributed by atoms with Gasteiger partial charge in [-0.25, -0.2) is 0 Å². The summed E-state index contributed by atoms with van der Waals surface area (Å²) in [5.74, 6) is -0.0765. The van der Waals surface area contributed by atoms with Gasteiger partial charge in [-0.2, -0.15) is 5.26 Å². The Hall–Kier alpha value is -4.96. The second-order valence-electron chi connectivity index (χ2n) is 8.09. The van der Waals surface area contributed by atoms with Gasteiger partial charge in [-0.1, -0.05) is 61.5 Å². The van der Waals surface area contributed by atoms with E-state index in [1.807, 2.05) is 55.5 Å². The topological polar surface area (TPSA) is 105 Å². The molecular formula is C29H23N3O4. The molecular weight excluding hydrogens is 454 g/mol. The maximum Gasteiger partial charge on any atom is 0.269 e. The summed E-state index contributed by atoms with van der Waals surface area (Å²) in [6.07, 6.45) is 2.40. The lowest BCUT2D eigenvalue weighted by molar-refractivity contribution is -0.384. The van der Waals surface area contributed by atoms with Crippen molar-refractivity contribution in [3.8, 4) is 11.8 Å². The molecule has 1 N–H and O–H groups in total. The summed E-state index contributed by atoms with van der Waals surface area (Å²) in [4.78, 5) is 23.6. The fraction of sp³-hybridized carbons (Fsp3) is 0.103. The molecule has 1 amide bonds. The fourth-order valence-electron chi connectivity index (χ4n) is 3.79. The molecule has 0 aliphatic rings. The van der Waals surface area contributed by atoms with Crippen molar-refractivity contribution < 1.29 is 14.5 Å². The van der Waals surface area contributed by atoms with Gasteiger partial charge in [0.1, 0.15) is 24.0 Å². The molecule has 0 unspecified atom stereocenters. The molecule has 0 fully saturated rings. The number of rotatable bonds is 8. The number of nitro groups is 1. The van der Waals surface area contributed by atoms with Gasteiger partial charge in [0.2, 0.25) is 0 Å². The van der Waals surface area contributed by atoms with Crippen molar-refractivity contribution in [2.24, 2.45) is 0 Å². The predicted molar refractivity (Wildman–Crippen MR) is 139 cm³/mol. The summed E-state index contributed by atoms with van der Waals surface area (Å²) in [7, 11) is 0.